The van der Waals surface area contributed by atoms with Crippen LogP contribution in [0.5, 0.6) is 0 Å². The van der Waals surface area contributed by atoms with Gasteiger partial charge < -0.3 is 10.6 Å². The van der Waals surface area contributed by atoms with E-state index < -0.39 is 4.92 Å². The standard InChI is InChI=1S/C14H18N4O3/c1-8-13(18(20)21)12(15)11(6-16-8)10-4-5-17(7-10)14(19)9-2-3-9/h6,9-10H,2-5,7H2,1H3,(H2,15,16). The van der Waals surface area contributed by atoms with Crippen molar-refractivity contribution in [3.05, 3.63) is 27.6 Å². The number of aryl methyl sites for hydroxylation is 1. The third-order valence-electron chi connectivity index (χ3n) is 4.36. The van der Waals surface area contributed by atoms with E-state index in [1.54, 1.807) is 13.1 Å². The Morgan fingerprint density at radius 3 is 2.81 bits per heavy atom. The van der Waals surface area contributed by atoms with Crippen molar-refractivity contribution < 1.29 is 9.72 Å². The lowest BCUT2D eigenvalue weighted by Crippen LogP contribution is -2.29. The molecule has 1 saturated heterocycles. The number of nitrogens with two attached hydrogens (primary N) is 1. The zero-order chi connectivity index (χ0) is 15.1. The van der Waals surface area contributed by atoms with Crippen molar-refractivity contribution in [2.45, 2.75) is 32.1 Å². The molecule has 112 valence electrons. The number of likely N-dealkylation sites (tertiary alicyclic amines) is 1. The number of hydrogen-bond donors (Lipinski definition) is 1. The van der Waals surface area contributed by atoms with Crippen molar-refractivity contribution >= 4 is 17.3 Å². The topological polar surface area (TPSA) is 102 Å². The Hall–Kier alpha value is -2.18. The van der Waals surface area contributed by atoms with E-state index in [1.165, 1.54) is 0 Å². The first kappa shape index (κ1) is 13.8. The number of anilines is 1. The molecule has 2 fully saturated rings. The minimum atomic E-state index is -0.483. The van der Waals surface area contributed by atoms with E-state index in [4.69, 9.17) is 5.73 Å². The number of hydrogen-bond acceptors (Lipinski definition) is 5. The normalized spacial score (nSPS) is 21.6. The van der Waals surface area contributed by atoms with Gasteiger partial charge in [0, 0.05) is 36.7 Å². The number of amides is 1. The zero-order valence-corrected chi connectivity index (χ0v) is 11.9. The minimum absolute atomic E-state index is 0.0412. The average Bonchev–Trinajstić information content (AvgIpc) is 3.16. The van der Waals surface area contributed by atoms with E-state index in [1.807, 2.05) is 4.90 Å². The zero-order valence-electron chi connectivity index (χ0n) is 11.9. The average molecular weight is 290 g/mol. The van der Waals surface area contributed by atoms with Gasteiger partial charge in [-0.25, -0.2) is 0 Å². The van der Waals surface area contributed by atoms with Gasteiger partial charge in [0.05, 0.1) is 4.92 Å². The lowest BCUT2D eigenvalue weighted by molar-refractivity contribution is -0.384. The van der Waals surface area contributed by atoms with Gasteiger partial charge in [-0.2, -0.15) is 0 Å². The van der Waals surface area contributed by atoms with Crippen molar-refractivity contribution in [1.82, 2.24) is 9.88 Å². The molecule has 1 saturated carbocycles. The Bertz CT molecular complexity index is 612. The molecule has 1 aromatic heterocycles. The number of nitrogen functional groups attached to an aromatic ring is 1. The van der Waals surface area contributed by atoms with Crippen LogP contribution in [0.15, 0.2) is 6.20 Å². The lowest BCUT2D eigenvalue weighted by Gasteiger charge is -2.17. The highest BCUT2D eigenvalue weighted by atomic mass is 16.6. The second-order valence-corrected chi connectivity index (χ2v) is 5.86. The fraction of sp³-hybridized carbons (Fsp3) is 0.571. The summed E-state index contributed by atoms with van der Waals surface area (Å²) in [5.41, 5.74) is 7.07. The number of carbonyl (C=O) groups is 1. The Kier molecular flexibility index (Phi) is 3.27. The molecule has 0 radical (unpaired) electrons. The lowest BCUT2D eigenvalue weighted by atomic mass is 9.97. The first-order valence-corrected chi connectivity index (χ1v) is 7.17. The molecular formula is C14H18N4O3. The second-order valence-electron chi connectivity index (χ2n) is 5.86. The largest absolute Gasteiger partial charge is 0.393 e. The molecule has 0 spiro atoms. The van der Waals surface area contributed by atoms with Crippen LogP contribution in [0.1, 0.15) is 36.4 Å². The highest BCUT2D eigenvalue weighted by Gasteiger charge is 2.38. The Morgan fingerprint density at radius 2 is 2.19 bits per heavy atom. The first-order chi connectivity index (χ1) is 9.99. The van der Waals surface area contributed by atoms with Crippen molar-refractivity contribution in [2.24, 2.45) is 5.92 Å². The van der Waals surface area contributed by atoms with Crippen LogP contribution < -0.4 is 5.73 Å². The van der Waals surface area contributed by atoms with Gasteiger partial charge in [0.2, 0.25) is 5.91 Å². The molecule has 0 aromatic carbocycles. The van der Waals surface area contributed by atoms with Crippen LogP contribution in [0.25, 0.3) is 0 Å². The predicted molar refractivity (Wildman–Crippen MR) is 76.7 cm³/mol. The van der Waals surface area contributed by atoms with Gasteiger partial charge in [-0.1, -0.05) is 0 Å². The first-order valence-electron chi connectivity index (χ1n) is 7.17. The van der Waals surface area contributed by atoms with E-state index in [2.05, 4.69) is 4.98 Å². The molecule has 3 rings (SSSR count). The Morgan fingerprint density at radius 1 is 1.48 bits per heavy atom. The van der Waals surface area contributed by atoms with Crippen molar-refractivity contribution in [3.63, 3.8) is 0 Å². The van der Waals surface area contributed by atoms with E-state index in [-0.39, 0.29) is 29.1 Å². The quantitative estimate of drug-likeness (QED) is 0.673. The number of rotatable bonds is 3. The fourth-order valence-electron chi connectivity index (χ4n) is 2.99. The molecule has 1 aromatic rings. The minimum Gasteiger partial charge on any atom is -0.393 e. The molecule has 0 bridgehead atoms. The monoisotopic (exact) mass is 290 g/mol. The van der Waals surface area contributed by atoms with Gasteiger partial charge in [0.25, 0.3) is 0 Å². The van der Waals surface area contributed by atoms with Crippen LogP contribution in [0.4, 0.5) is 11.4 Å². The van der Waals surface area contributed by atoms with Crippen LogP contribution in [0.3, 0.4) is 0 Å². The molecule has 1 unspecified atom stereocenters. The van der Waals surface area contributed by atoms with Gasteiger partial charge in [0.1, 0.15) is 11.4 Å². The molecule has 1 aliphatic carbocycles. The highest BCUT2D eigenvalue weighted by molar-refractivity contribution is 5.81. The highest BCUT2D eigenvalue weighted by Crippen LogP contribution is 2.38. The summed E-state index contributed by atoms with van der Waals surface area (Å²) in [6.45, 7) is 2.86. The molecule has 7 heteroatoms. The molecule has 21 heavy (non-hydrogen) atoms. The molecule has 2 N–H and O–H groups in total. The summed E-state index contributed by atoms with van der Waals surface area (Å²) in [4.78, 5) is 28.6. The summed E-state index contributed by atoms with van der Waals surface area (Å²) in [6, 6.07) is 0. The van der Waals surface area contributed by atoms with Gasteiger partial charge in [-0.05, 0) is 26.2 Å². The third-order valence-corrected chi connectivity index (χ3v) is 4.36. The number of aromatic nitrogens is 1. The van der Waals surface area contributed by atoms with Gasteiger partial charge in [0.15, 0.2) is 0 Å². The maximum atomic E-state index is 12.1. The Balaban J connectivity index is 1.83. The van der Waals surface area contributed by atoms with Crippen LogP contribution in [-0.2, 0) is 4.79 Å². The molecule has 1 amide bonds. The predicted octanol–water partition coefficient (Wildman–Crippen LogP) is 1.61. The summed E-state index contributed by atoms with van der Waals surface area (Å²) in [5.74, 6) is 0.455. The van der Waals surface area contributed by atoms with E-state index >= 15 is 0 Å². The SMILES string of the molecule is Cc1ncc(C2CCN(C(=O)C3CC3)C2)c(N)c1[N+](=O)[O-]. The molecule has 2 heterocycles. The van der Waals surface area contributed by atoms with Gasteiger partial charge >= 0.3 is 5.69 Å². The third kappa shape index (κ3) is 2.43. The summed E-state index contributed by atoms with van der Waals surface area (Å²) in [7, 11) is 0. The summed E-state index contributed by atoms with van der Waals surface area (Å²) in [6.07, 6.45) is 4.37. The smallest absolute Gasteiger partial charge is 0.313 e. The number of nitro groups is 1. The van der Waals surface area contributed by atoms with Crippen LogP contribution in [-0.4, -0.2) is 33.8 Å². The number of pyridine rings is 1. The maximum Gasteiger partial charge on any atom is 0.313 e. The molecule has 1 atom stereocenters. The van der Waals surface area contributed by atoms with Crippen molar-refractivity contribution in [2.75, 3.05) is 18.8 Å². The number of nitrogens with zero attached hydrogens (tertiary/aromatic N) is 3. The molecular weight excluding hydrogens is 272 g/mol. The van der Waals surface area contributed by atoms with Crippen molar-refractivity contribution in [3.8, 4) is 0 Å². The van der Waals surface area contributed by atoms with E-state index in [9.17, 15) is 14.9 Å². The summed E-state index contributed by atoms with van der Waals surface area (Å²) < 4.78 is 0. The van der Waals surface area contributed by atoms with Crippen LogP contribution >= 0.6 is 0 Å². The Labute approximate surface area is 122 Å². The van der Waals surface area contributed by atoms with Crippen LogP contribution in [0, 0.1) is 23.0 Å². The maximum absolute atomic E-state index is 12.1. The fourth-order valence-corrected chi connectivity index (χ4v) is 2.99. The van der Waals surface area contributed by atoms with Gasteiger partial charge in [-0.15, -0.1) is 0 Å². The molecule has 7 nitrogen and oxygen atoms in total. The van der Waals surface area contributed by atoms with Crippen LogP contribution in [0.2, 0.25) is 0 Å². The summed E-state index contributed by atoms with van der Waals surface area (Å²) >= 11 is 0. The molecule has 1 aliphatic heterocycles. The van der Waals surface area contributed by atoms with E-state index in [0.29, 0.717) is 24.3 Å². The second kappa shape index (κ2) is 4.98. The summed E-state index contributed by atoms with van der Waals surface area (Å²) in [5, 5.41) is 11.1. The van der Waals surface area contributed by atoms with Gasteiger partial charge in [-0.3, -0.25) is 19.9 Å². The number of carbonyl (C=O) groups excluding carboxylic acids is 1. The van der Waals surface area contributed by atoms with E-state index in [0.717, 1.165) is 19.3 Å². The van der Waals surface area contributed by atoms with Crippen molar-refractivity contribution in [1.29, 1.82) is 0 Å². The molecule has 2 aliphatic rings.